The fourth-order valence-corrected chi connectivity index (χ4v) is 1.31. The Kier molecular flexibility index (Phi) is 5.43. The van der Waals surface area contributed by atoms with E-state index in [9.17, 15) is 4.79 Å². The number of fused-ring (bicyclic) bond motifs is 1. The van der Waals surface area contributed by atoms with Crippen LogP contribution in [0.4, 0.5) is 0 Å². The average molecular weight is 333 g/mol. The first-order chi connectivity index (χ1) is 6.16. The van der Waals surface area contributed by atoms with Gasteiger partial charge in [-0.2, -0.15) is 0 Å². The van der Waals surface area contributed by atoms with E-state index in [2.05, 4.69) is 0 Å². The Bertz CT molecular complexity index is 518. The Morgan fingerprint density at radius 3 is 2.60 bits per heavy atom. The summed E-state index contributed by atoms with van der Waals surface area (Å²) in [7, 11) is 0. The first-order valence-corrected chi connectivity index (χ1v) is 3.90. The van der Waals surface area contributed by atoms with Gasteiger partial charge < -0.3 is 15.0 Å². The second kappa shape index (κ2) is 5.60. The zero-order chi connectivity index (χ0) is 9.42. The molecule has 5 heteroatoms. The van der Waals surface area contributed by atoms with Gasteiger partial charge in [-0.25, -0.2) is 4.79 Å². The summed E-state index contributed by atoms with van der Waals surface area (Å²) in [5.74, 6) is 0.0984. The molecule has 2 N–H and O–H groups in total. The predicted octanol–water partition coefficient (Wildman–Crippen LogP) is 1.63. The maximum absolute atomic E-state index is 11.0. The molecule has 2 rings (SSSR count). The van der Waals surface area contributed by atoms with Gasteiger partial charge in [-0.15, -0.1) is 0 Å². The van der Waals surface area contributed by atoms with Crippen LogP contribution in [-0.2, 0) is 0 Å². The molecule has 2 aromatic rings. The topological polar surface area (TPSA) is 80.4 Å². The van der Waals surface area contributed by atoms with E-state index in [1.165, 1.54) is 12.1 Å². The first kappa shape index (κ1) is 14.6. The van der Waals surface area contributed by atoms with E-state index >= 15 is 0 Å². The second-order valence-electron chi connectivity index (χ2n) is 2.93. The molecule has 4 nitrogen and oxygen atoms in total. The summed E-state index contributed by atoms with van der Waals surface area (Å²) in [5.41, 5.74) is 0.881. The zero-order valence-electron chi connectivity index (χ0n) is 8.02. The van der Waals surface area contributed by atoms with Gasteiger partial charge in [0.2, 0.25) is 0 Å². The van der Waals surface area contributed by atoms with Gasteiger partial charge in [-0.1, -0.05) is 0 Å². The van der Waals surface area contributed by atoms with E-state index < -0.39 is 5.63 Å². The van der Waals surface area contributed by atoms with Crippen molar-refractivity contribution < 1.29 is 56.7 Å². The molecule has 1 aromatic carbocycles. The largest absolute Gasteiger partial charge is 3.00 e. The number of benzene rings is 1. The third kappa shape index (κ3) is 3.01. The molecule has 75 valence electrons. The Labute approximate surface area is 120 Å². The Balaban J connectivity index is 0.000000980. The van der Waals surface area contributed by atoms with Crippen LogP contribution in [0.25, 0.3) is 11.0 Å². The molecule has 1 heterocycles. The summed E-state index contributed by atoms with van der Waals surface area (Å²) >= 11 is 0. The molecule has 0 saturated heterocycles. The van der Waals surface area contributed by atoms with Crippen molar-refractivity contribution in [3.05, 3.63) is 40.2 Å². The summed E-state index contributed by atoms with van der Waals surface area (Å²) in [6, 6.07) is 6.15. The molecule has 1 radical (unpaired) electrons. The van der Waals surface area contributed by atoms with Crippen LogP contribution in [0.5, 0.6) is 5.75 Å². The number of phenolic OH excluding ortho intramolecular Hbond substituents is 1. The van der Waals surface area contributed by atoms with Crippen molar-refractivity contribution in [2.24, 2.45) is 0 Å². The average Bonchev–Trinajstić information content (AvgIpc) is 2.02. The number of hydrogen-bond acceptors (Lipinski definition) is 4. The molecule has 1 aromatic heterocycles. The molecular weight excluding hydrogens is 324 g/mol. The van der Waals surface area contributed by atoms with Crippen LogP contribution in [0.3, 0.4) is 0 Å². The molecule has 0 unspecified atom stereocenters. The number of hydrogen-bond donors (Lipinski definition) is 1. The molecule has 0 spiro atoms. The summed E-state index contributed by atoms with van der Waals surface area (Å²) in [6.07, 6.45) is 0. The molecule has 0 fully saturated rings. The van der Waals surface area contributed by atoms with E-state index in [1.807, 2.05) is 6.92 Å². The summed E-state index contributed by atoms with van der Waals surface area (Å²) in [6.45, 7) is 1.83. The SMILES string of the molecule is Cc1cc(=O)oc2cc(O)ccc12.[Ce+3].[OH-]. The Morgan fingerprint density at radius 1 is 1.27 bits per heavy atom. The first-order valence-electron chi connectivity index (χ1n) is 3.90. The Hall–Kier alpha value is -0.433. The van der Waals surface area contributed by atoms with Crippen molar-refractivity contribution in [1.29, 1.82) is 0 Å². The maximum atomic E-state index is 11.0. The quantitative estimate of drug-likeness (QED) is 0.743. The normalized spacial score (nSPS) is 9.13. The molecule has 0 amide bonds. The van der Waals surface area contributed by atoms with E-state index in [4.69, 9.17) is 9.52 Å². The summed E-state index contributed by atoms with van der Waals surface area (Å²) in [4.78, 5) is 11.0. The smallest absolute Gasteiger partial charge is 0.870 e. The minimum absolute atomic E-state index is 0. The minimum atomic E-state index is -0.393. The number of aromatic hydroxyl groups is 1. The molecule has 15 heavy (non-hydrogen) atoms. The van der Waals surface area contributed by atoms with Gasteiger partial charge in [0.15, 0.2) is 0 Å². The van der Waals surface area contributed by atoms with Gasteiger partial charge in [-0.05, 0) is 24.6 Å². The van der Waals surface area contributed by atoms with Crippen molar-refractivity contribution in [2.45, 2.75) is 6.92 Å². The number of aryl methyl sites for hydroxylation is 1. The fourth-order valence-electron chi connectivity index (χ4n) is 1.31. The third-order valence-electron chi connectivity index (χ3n) is 1.93. The van der Waals surface area contributed by atoms with Gasteiger partial charge in [0.25, 0.3) is 0 Å². The molecule has 0 aliphatic heterocycles. The van der Waals surface area contributed by atoms with Crippen molar-refractivity contribution in [1.82, 2.24) is 0 Å². The fraction of sp³-hybridized carbons (Fsp3) is 0.100. The number of rotatable bonds is 0. The van der Waals surface area contributed by atoms with Crippen molar-refractivity contribution in [2.75, 3.05) is 0 Å². The van der Waals surface area contributed by atoms with Gasteiger partial charge in [0, 0.05) is 17.5 Å². The summed E-state index contributed by atoms with van der Waals surface area (Å²) < 4.78 is 4.91. The zero-order valence-corrected chi connectivity index (χ0v) is 11.2. The molecule has 0 bridgehead atoms. The van der Waals surface area contributed by atoms with E-state index in [1.54, 1.807) is 12.1 Å². The van der Waals surface area contributed by atoms with Crippen LogP contribution < -0.4 is 5.63 Å². The van der Waals surface area contributed by atoms with Crippen LogP contribution in [0.1, 0.15) is 5.56 Å². The molecule has 0 aliphatic rings. The van der Waals surface area contributed by atoms with Gasteiger partial charge >= 0.3 is 47.4 Å². The van der Waals surface area contributed by atoms with E-state index in [0.29, 0.717) is 5.58 Å². The standard InChI is InChI=1S/C10H8O3.Ce.H2O/c1-6-4-10(12)13-9-5-7(11)2-3-8(6)9;;/h2-5,11H,1H3;;1H2/q;+3;/p-1. The van der Waals surface area contributed by atoms with E-state index in [0.717, 1.165) is 10.9 Å². The molecule has 0 aliphatic carbocycles. The molecule has 0 atom stereocenters. The van der Waals surface area contributed by atoms with Crippen LogP contribution >= 0.6 is 0 Å². The van der Waals surface area contributed by atoms with Crippen LogP contribution in [0, 0.1) is 48.7 Å². The van der Waals surface area contributed by atoms with Gasteiger partial charge in [0.05, 0.1) is 0 Å². The molecule has 0 saturated carbocycles. The minimum Gasteiger partial charge on any atom is -0.870 e. The Morgan fingerprint density at radius 2 is 1.93 bits per heavy atom. The monoisotopic (exact) mass is 333 g/mol. The van der Waals surface area contributed by atoms with E-state index in [-0.39, 0.29) is 53.0 Å². The summed E-state index contributed by atoms with van der Waals surface area (Å²) in [5, 5.41) is 9.99. The maximum Gasteiger partial charge on any atom is 3.00 e. The molecular formula is C10H9CeO4+2. The van der Waals surface area contributed by atoms with Crippen LogP contribution in [-0.4, -0.2) is 10.6 Å². The second-order valence-corrected chi connectivity index (χ2v) is 2.93. The van der Waals surface area contributed by atoms with Crippen molar-refractivity contribution in [3.8, 4) is 5.75 Å². The number of phenols is 1. The van der Waals surface area contributed by atoms with Crippen molar-refractivity contribution >= 4 is 11.0 Å². The van der Waals surface area contributed by atoms with Gasteiger partial charge in [0.1, 0.15) is 11.3 Å². The van der Waals surface area contributed by atoms with Crippen molar-refractivity contribution in [3.63, 3.8) is 0 Å². The third-order valence-corrected chi connectivity index (χ3v) is 1.93. The van der Waals surface area contributed by atoms with Crippen LogP contribution in [0.15, 0.2) is 33.5 Å². The predicted molar refractivity (Wildman–Crippen MR) is 50.8 cm³/mol. The van der Waals surface area contributed by atoms with Crippen LogP contribution in [0.2, 0.25) is 0 Å². The van der Waals surface area contributed by atoms with Gasteiger partial charge in [-0.3, -0.25) is 0 Å².